The van der Waals surface area contributed by atoms with Crippen LogP contribution in [0.2, 0.25) is 0 Å². The summed E-state index contributed by atoms with van der Waals surface area (Å²) < 4.78 is 62.0. The highest BCUT2D eigenvalue weighted by atomic mass is 32.2. The molecule has 1 saturated heterocycles. The van der Waals surface area contributed by atoms with Gasteiger partial charge in [-0.3, -0.25) is 42.1 Å². The maximum atomic E-state index is 12.7. The van der Waals surface area contributed by atoms with Crippen molar-refractivity contribution in [2.24, 2.45) is 5.41 Å². The minimum atomic E-state index is -5.60. The fourth-order valence-corrected chi connectivity index (χ4v) is 8.50. The predicted molar refractivity (Wildman–Crippen MR) is 203 cm³/mol. The Morgan fingerprint density at radius 1 is 1.02 bits per heavy atom. The molecule has 0 aliphatic carbocycles. The number of carbonyl (C=O) groups excluding carboxylic acids is 4. The van der Waals surface area contributed by atoms with E-state index in [1.54, 1.807) is 0 Å². The number of carboxylic acid groups (broad SMARTS) is 1. The van der Waals surface area contributed by atoms with Crippen molar-refractivity contribution in [3.05, 3.63) is 24.8 Å². The van der Waals surface area contributed by atoms with Crippen molar-refractivity contribution in [1.29, 1.82) is 0 Å². The number of phosphoric ester groups is 3. The molecule has 1 aliphatic heterocycles. The number of aliphatic hydroxyl groups excluding tert-OH is 2. The Balaban J connectivity index is 1.43. The van der Waals surface area contributed by atoms with Crippen LogP contribution in [-0.4, -0.2) is 140 Å². The van der Waals surface area contributed by atoms with Crippen molar-refractivity contribution in [1.82, 2.24) is 30.2 Å². The van der Waals surface area contributed by atoms with E-state index in [0.717, 1.165) is 29.0 Å². The lowest BCUT2D eigenvalue weighted by Crippen LogP contribution is -2.46. The number of ketones is 1. The van der Waals surface area contributed by atoms with Crippen molar-refractivity contribution in [3.8, 4) is 0 Å². The van der Waals surface area contributed by atoms with Crippen molar-refractivity contribution in [2.75, 3.05) is 37.8 Å². The first-order valence-electron chi connectivity index (χ1n) is 17.2. The second-order valence-corrected chi connectivity index (χ2v) is 18.7. The van der Waals surface area contributed by atoms with Gasteiger partial charge in [-0.05, 0) is 0 Å². The van der Waals surface area contributed by atoms with Crippen molar-refractivity contribution in [3.63, 3.8) is 0 Å². The van der Waals surface area contributed by atoms with Gasteiger partial charge >= 0.3 is 29.4 Å². The number of carbonyl (C=O) groups is 5. The van der Waals surface area contributed by atoms with Gasteiger partial charge in [-0.25, -0.2) is 28.6 Å². The normalized spacial score (nSPS) is 21.0. The molecule has 31 heteroatoms. The lowest BCUT2D eigenvalue weighted by atomic mass is 9.87. The van der Waals surface area contributed by atoms with Crippen molar-refractivity contribution in [2.45, 2.75) is 70.2 Å². The third kappa shape index (κ3) is 16.4. The fourth-order valence-electron chi connectivity index (χ4n) is 4.98. The van der Waals surface area contributed by atoms with E-state index in [1.807, 2.05) is 0 Å². The Kier molecular flexibility index (Phi) is 18.6. The molecular formula is C29H44N7O20P3S. The molecule has 1 aliphatic rings. The molecular weight excluding hydrogens is 891 g/mol. The van der Waals surface area contributed by atoms with Gasteiger partial charge in [0.05, 0.1) is 32.4 Å². The molecule has 3 heterocycles. The number of aliphatic carboxylic acids is 1. The van der Waals surface area contributed by atoms with Gasteiger partial charge in [0.2, 0.25) is 11.8 Å². The molecule has 0 bridgehead atoms. The summed E-state index contributed by atoms with van der Waals surface area (Å²) in [5, 5.41) is 34.3. The number of amides is 2. The predicted octanol–water partition coefficient (Wildman–Crippen LogP) is -0.955. The molecule has 0 radical (unpaired) electrons. The van der Waals surface area contributed by atoms with E-state index < -0.39 is 101 Å². The molecule has 1 fully saturated rings. The number of thioether (sulfide) groups is 1. The molecule has 2 aromatic heterocycles. The highest BCUT2D eigenvalue weighted by Crippen LogP contribution is 2.61. The van der Waals surface area contributed by atoms with E-state index in [4.69, 9.17) is 24.6 Å². The van der Waals surface area contributed by atoms with E-state index >= 15 is 0 Å². The minimum absolute atomic E-state index is 0.0146. The molecule has 2 amide bonds. The number of allylic oxidation sites excluding steroid dienone is 1. The van der Waals surface area contributed by atoms with Crippen molar-refractivity contribution >= 4 is 80.9 Å². The van der Waals surface area contributed by atoms with E-state index in [2.05, 4.69) is 34.4 Å². The third-order valence-corrected chi connectivity index (χ3v) is 11.9. The number of nitrogens with two attached hydrogens (primary N) is 1. The topological polar surface area (TPSA) is 418 Å². The summed E-state index contributed by atoms with van der Waals surface area (Å²) in [6.07, 6.45) is -5.24. The number of ether oxygens (including phenoxy) is 1. The van der Waals surface area contributed by atoms with E-state index in [1.165, 1.54) is 26.0 Å². The summed E-state index contributed by atoms with van der Waals surface area (Å²) in [5.41, 5.74) is 4.18. The summed E-state index contributed by atoms with van der Waals surface area (Å²) in [6, 6.07) is 0. The number of imidazole rings is 1. The Hall–Kier alpha value is -3.56. The van der Waals surface area contributed by atoms with Crippen LogP contribution in [0.1, 0.15) is 45.8 Å². The number of Topliss-reactive ketones (excluding diaryl/α,β-unsaturated/α-hetero) is 1. The summed E-state index contributed by atoms with van der Waals surface area (Å²) in [5.74, 6) is -2.96. The number of hydrogen-bond donors (Lipinski definition) is 10. The number of rotatable bonds is 25. The lowest BCUT2D eigenvalue weighted by molar-refractivity contribution is -0.137. The zero-order chi connectivity index (χ0) is 45.1. The highest BCUT2D eigenvalue weighted by Gasteiger charge is 2.50. The first-order valence-corrected chi connectivity index (χ1v) is 22.7. The van der Waals surface area contributed by atoms with Gasteiger partial charge < -0.3 is 56.0 Å². The second kappa shape index (κ2) is 22.0. The third-order valence-electron chi connectivity index (χ3n) is 7.91. The van der Waals surface area contributed by atoms with E-state index in [-0.39, 0.29) is 61.5 Å². The van der Waals surface area contributed by atoms with Gasteiger partial charge in [0.15, 0.2) is 22.8 Å². The average Bonchev–Trinajstić information content (AvgIpc) is 3.69. The van der Waals surface area contributed by atoms with Gasteiger partial charge in [0.25, 0.3) is 0 Å². The Morgan fingerprint density at radius 2 is 1.68 bits per heavy atom. The first kappa shape index (κ1) is 50.8. The maximum absolute atomic E-state index is 12.7. The molecule has 0 aromatic carbocycles. The van der Waals surface area contributed by atoms with Gasteiger partial charge in [-0.2, -0.15) is 4.31 Å². The molecule has 0 saturated carbocycles. The molecule has 7 atom stereocenters. The van der Waals surface area contributed by atoms with E-state index in [0.29, 0.717) is 0 Å². The Labute approximate surface area is 343 Å². The van der Waals surface area contributed by atoms with Crippen LogP contribution in [0.5, 0.6) is 0 Å². The quantitative estimate of drug-likeness (QED) is 0.0248. The smallest absolute Gasteiger partial charge is 0.481 e. The number of carboxylic acids is 1. The van der Waals surface area contributed by atoms with Gasteiger partial charge in [0, 0.05) is 37.1 Å². The van der Waals surface area contributed by atoms with Crippen molar-refractivity contribution < 1.29 is 95.2 Å². The number of phosphoric acid groups is 3. The monoisotopic (exact) mass is 935 g/mol. The van der Waals surface area contributed by atoms with Gasteiger partial charge in [-0.15, -0.1) is 0 Å². The summed E-state index contributed by atoms with van der Waals surface area (Å²) >= 11 is 0.804. The number of nitrogens with one attached hydrogen (secondary N) is 2. The van der Waals surface area contributed by atoms with Crippen LogP contribution >= 0.6 is 35.2 Å². The lowest BCUT2D eigenvalue weighted by Gasteiger charge is -2.30. The number of aromatic nitrogens is 4. The largest absolute Gasteiger partial charge is 0.481 e. The van der Waals surface area contributed by atoms with Crippen LogP contribution < -0.4 is 16.4 Å². The summed E-state index contributed by atoms with van der Waals surface area (Å²) in [7, 11) is -16.5. The van der Waals surface area contributed by atoms with Gasteiger partial charge in [-0.1, -0.05) is 37.8 Å². The molecule has 2 aromatic rings. The zero-order valence-electron chi connectivity index (χ0n) is 31.6. The zero-order valence-corrected chi connectivity index (χ0v) is 35.1. The molecule has 60 heavy (non-hydrogen) atoms. The van der Waals surface area contributed by atoms with Gasteiger partial charge in [0.1, 0.15) is 42.0 Å². The number of fused-ring (bicyclic) bond motifs is 1. The van der Waals surface area contributed by atoms with Crippen LogP contribution in [0.25, 0.3) is 11.2 Å². The molecule has 27 nitrogen and oxygen atoms in total. The summed E-state index contributed by atoms with van der Waals surface area (Å²) in [6.45, 7) is 0.113. The second-order valence-electron chi connectivity index (χ2n) is 13.3. The van der Waals surface area contributed by atoms with Crippen LogP contribution in [0.4, 0.5) is 5.82 Å². The molecule has 0 spiro atoms. The molecule has 3 rings (SSSR count). The Morgan fingerprint density at radius 3 is 2.35 bits per heavy atom. The molecule has 336 valence electrons. The number of hydrogen-bond acceptors (Lipinski definition) is 20. The standard InChI is InChI=1S/C29H44N7O20P3S/c1-29(2,24(43)27(44)32-8-7-18(38)31-9-10-60-20(41)11-16(37)5-3-4-6-19(39)40)13-53-59(50,51)56-58(48,49)52-12-17-23(55-57(45,46)47)22(42)28(54-17)36-15-35-21-25(30)33-14-34-26(21)36/h3-4,14-15,17,22-24,28,42-43H,5-13H2,1-2H3,(H,31,38)(H,32,44)(H,39,40)(H,48,49)(H,50,51)(H2,30,33,34)(H2,45,46,47)/t17-,22-,23-,24+,28-/m1/s1. The molecule has 11 N–H and O–H groups in total. The average molecular weight is 936 g/mol. The van der Waals surface area contributed by atoms with E-state index in [9.17, 15) is 67.5 Å². The maximum Gasteiger partial charge on any atom is 0.481 e. The SMILES string of the molecule is CC(C)(COP(=O)(O)OP(=O)(O)OC[C@H]1O[C@@H](n2cnc3c(N)ncnc32)[C@H](O)[C@@H]1OP(=O)(O)O)[C@@H](O)C(=O)NCCC(=O)NCCSC(=O)CC(=O)CC=CCC(=O)O. The molecule has 2 unspecified atom stereocenters. The van der Waals surface area contributed by atoms with Crippen LogP contribution in [-0.2, 0) is 60.3 Å². The summed E-state index contributed by atoms with van der Waals surface area (Å²) in [4.78, 5) is 110. The van der Waals surface area contributed by atoms with Crippen LogP contribution in [0.15, 0.2) is 24.8 Å². The minimum Gasteiger partial charge on any atom is -0.481 e. The highest BCUT2D eigenvalue weighted by molar-refractivity contribution is 8.13. The number of nitrogens with zero attached hydrogens (tertiary/aromatic N) is 4. The first-order chi connectivity index (χ1) is 27.8. The number of anilines is 1. The Bertz CT molecular complexity index is 2050. The fraction of sp³-hybridized carbons (Fsp3) is 0.586. The van der Waals surface area contributed by atoms with Crippen LogP contribution in [0.3, 0.4) is 0 Å². The number of aliphatic hydroxyl groups is 2. The number of nitrogen functional groups attached to an aromatic ring is 1. The van der Waals surface area contributed by atoms with Crippen LogP contribution in [0, 0.1) is 5.41 Å².